The lowest BCUT2D eigenvalue weighted by Crippen LogP contribution is -2.26. The van der Waals surface area contributed by atoms with Gasteiger partial charge < -0.3 is 4.74 Å². The van der Waals surface area contributed by atoms with Gasteiger partial charge in [0.1, 0.15) is 0 Å². The van der Waals surface area contributed by atoms with Crippen molar-refractivity contribution < 1.29 is 9.53 Å². The highest BCUT2D eigenvalue weighted by atomic mass is 16.5. The summed E-state index contributed by atoms with van der Waals surface area (Å²) in [5.74, 6) is -0.235. The van der Waals surface area contributed by atoms with E-state index in [1.165, 1.54) is 6.92 Å². The van der Waals surface area contributed by atoms with Crippen molar-refractivity contribution in [1.29, 1.82) is 5.26 Å². The minimum Gasteiger partial charge on any atom is -0.465 e. The first-order chi connectivity index (χ1) is 6.56. The summed E-state index contributed by atoms with van der Waals surface area (Å²) in [6.45, 7) is 3.96. The first-order valence-electron chi connectivity index (χ1n) is 4.78. The first kappa shape index (κ1) is 10.8. The second-order valence-corrected chi connectivity index (χ2v) is 4.14. The van der Waals surface area contributed by atoms with Crippen molar-refractivity contribution in [3.8, 4) is 6.07 Å². The fourth-order valence-electron chi connectivity index (χ4n) is 1.52. The molecule has 0 saturated heterocycles. The van der Waals surface area contributed by atoms with Gasteiger partial charge >= 0.3 is 5.97 Å². The van der Waals surface area contributed by atoms with E-state index in [1.54, 1.807) is 0 Å². The molecule has 1 aliphatic carbocycles. The Morgan fingerprint density at radius 2 is 2.50 bits per heavy atom. The zero-order valence-electron chi connectivity index (χ0n) is 8.67. The van der Waals surface area contributed by atoms with E-state index >= 15 is 0 Å². The molecule has 0 fully saturated rings. The second-order valence-electron chi connectivity index (χ2n) is 4.14. The van der Waals surface area contributed by atoms with E-state index in [0.29, 0.717) is 6.61 Å². The van der Waals surface area contributed by atoms with Gasteiger partial charge in [0.15, 0.2) is 0 Å². The Balaban J connectivity index is 2.50. The Labute approximate surface area is 84.4 Å². The number of hydrogen-bond acceptors (Lipinski definition) is 3. The molecule has 76 valence electrons. The number of esters is 1. The van der Waals surface area contributed by atoms with Crippen LogP contribution in [0.4, 0.5) is 0 Å². The van der Waals surface area contributed by atoms with Gasteiger partial charge in [0, 0.05) is 17.9 Å². The molecule has 1 atom stereocenters. The summed E-state index contributed by atoms with van der Waals surface area (Å²) in [7, 11) is 0. The average molecular weight is 193 g/mol. The van der Waals surface area contributed by atoms with Gasteiger partial charge in [-0.05, 0) is 19.3 Å². The molecule has 0 amide bonds. The van der Waals surface area contributed by atoms with Crippen LogP contribution in [0.1, 0.15) is 33.1 Å². The smallest absolute Gasteiger partial charge is 0.302 e. The van der Waals surface area contributed by atoms with Gasteiger partial charge in [-0.25, -0.2) is 0 Å². The Morgan fingerprint density at radius 1 is 1.79 bits per heavy atom. The Bertz CT molecular complexity index is 301. The van der Waals surface area contributed by atoms with Gasteiger partial charge in [-0.15, -0.1) is 0 Å². The van der Waals surface area contributed by atoms with Gasteiger partial charge in [-0.3, -0.25) is 4.79 Å². The molecule has 3 nitrogen and oxygen atoms in total. The maximum absolute atomic E-state index is 10.7. The zero-order chi connectivity index (χ0) is 10.6. The number of nitriles is 1. The van der Waals surface area contributed by atoms with E-state index in [1.807, 2.05) is 6.08 Å². The summed E-state index contributed by atoms with van der Waals surface area (Å²) in [5.41, 5.74) is 0.872. The highest BCUT2D eigenvalue weighted by molar-refractivity contribution is 5.65. The molecule has 1 aliphatic rings. The summed E-state index contributed by atoms with van der Waals surface area (Å²) >= 11 is 0. The molecule has 0 aromatic heterocycles. The quantitative estimate of drug-likeness (QED) is 0.631. The van der Waals surface area contributed by atoms with Crippen molar-refractivity contribution in [2.75, 3.05) is 6.61 Å². The van der Waals surface area contributed by atoms with Crippen LogP contribution in [0.2, 0.25) is 0 Å². The van der Waals surface area contributed by atoms with Crippen molar-refractivity contribution in [3.05, 3.63) is 11.6 Å². The van der Waals surface area contributed by atoms with Crippen LogP contribution in [0, 0.1) is 16.7 Å². The van der Waals surface area contributed by atoms with Crippen LogP contribution >= 0.6 is 0 Å². The molecule has 0 bridgehead atoms. The summed E-state index contributed by atoms with van der Waals surface area (Å²) < 4.78 is 5.00. The molecule has 0 spiro atoms. The van der Waals surface area contributed by atoms with Crippen molar-refractivity contribution >= 4 is 5.97 Å². The minimum absolute atomic E-state index is 0.0199. The Hall–Kier alpha value is -1.30. The lowest BCUT2D eigenvalue weighted by molar-refractivity contribution is -0.144. The third-order valence-electron chi connectivity index (χ3n) is 2.61. The van der Waals surface area contributed by atoms with Gasteiger partial charge in [-0.2, -0.15) is 5.26 Å². The monoisotopic (exact) mass is 193 g/mol. The molecule has 1 unspecified atom stereocenters. The number of hydrogen-bond donors (Lipinski definition) is 0. The Kier molecular flexibility index (Phi) is 3.29. The molecule has 0 N–H and O–H groups in total. The predicted molar refractivity (Wildman–Crippen MR) is 52.3 cm³/mol. The first-order valence-corrected chi connectivity index (χ1v) is 4.78. The molecule has 0 saturated carbocycles. The van der Waals surface area contributed by atoms with Crippen LogP contribution in [-0.2, 0) is 9.53 Å². The van der Waals surface area contributed by atoms with Gasteiger partial charge in [0.05, 0.1) is 12.7 Å². The molecule has 0 heterocycles. The minimum atomic E-state index is -0.235. The normalized spacial score (nSPS) is 26.2. The predicted octanol–water partition coefficient (Wildman–Crippen LogP) is 2.19. The highest BCUT2D eigenvalue weighted by Crippen LogP contribution is 2.34. The van der Waals surface area contributed by atoms with Gasteiger partial charge in [-0.1, -0.05) is 13.0 Å². The molecule has 0 aromatic rings. The number of rotatable bonds is 2. The SMILES string of the molecule is CC(=O)OCC1(C)CC=C(C#N)CC1. The fraction of sp³-hybridized carbons (Fsp3) is 0.636. The summed E-state index contributed by atoms with van der Waals surface area (Å²) in [6.07, 6.45) is 4.49. The van der Waals surface area contributed by atoms with E-state index in [-0.39, 0.29) is 11.4 Å². The summed E-state index contributed by atoms with van der Waals surface area (Å²) in [5, 5.41) is 8.68. The topological polar surface area (TPSA) is 50.1 Å². The second kappa shape index (κ2) is 4.28. The third-order valence-corrected chi connectivity index (χ3v) is 2.61. The van der Waals surface area contributed by atoms with E-state index < -0.39 is 0 Å². The number of ether oxygens (including phenoxy) is 1. The number of carbonyl (C=O) groups is 1. The standard InChI is InChI=1S/C11H15NO2/c1-9(13)14-8-11(2)5-3-10(7-12)4-6-11/h3H,4-6,8H2,1-2H3. The van der Waals surface area contributed by atoms with E-state index in [0.717, 1.165) is 24.8 Å². The highest BCUT2D eigenvalue weighted by Gasteiger charge is 2.28. The Morgan fingerprint density at radius 3 is 2.93 bits per heavy atom. The molecular weight excluding hydrogens is 178 g/mol. The van der Waals surface area contributed by atoms with Crippen molar-refractivity contribution in [3.63, 3.8) is 0 Å². The van der Waals surface area contributed by atoms with Crippen LogP contribution in [0.3, 0.4) is 0 Å². The van der Waals surface area contributed by atoms with Crippen LogP contribution in [-0.4, -0.2) is 12.6 Å². The van der Waals surface area contributed by atoms with Crippen molar-refractivity contribution in [2.24, 2.45) is 5.41 Å². The number of carbonyl (C=O) groups excluding carboxylic acids is 1. The maximum Gasteiger partial charge on any atom is 0.302 e. The lowest BCUT2D eigenvalue weighted by atomic mass is 9.77. The molecule has 0 radical (unpaired) electrons. The molecule has 0 aliphatic heterocycles. The third kappa shape index (κ3) is 2.88. The zero-order valence-corrected chi connectivity index (χ0v) is 8.67. The van der Waals surface area contributed by atoms with Crippen LogP contribution in [0.25, 0.3) is 0 Å². The molecule has 14 heavy (non-hydrogen) atoms. The van der Waals surface area contributed by atoms with Gasteiger partial charge in [0.2, 0.25) is 0 Å². The lowest BCUT2D eigenvalue weighted by Gasteiger charge is -2.30. The van der Waals surface area contributed by atoms with Crippen molar-refractivity contribution in [2.45, 2.75) is 33.1 Å². The summed E-state index contributed by atoms with van der Waals surface area (Å²) in [6, 6.07) is 2.16. The van der Waals surface area contributed by atoms with E-state index in [9.17, 15) is 4.79 Å². The molecule has 3 heteroatoms. The maximum atomic E-state index is 10.7. The molecule has 0 aromatic carbocycles. The van der Waals surface area contributed by atoms with E-state index in [2.05, 4.69) is 13.0 Å². The summed E-state index contributed by atoms with van der Waals surface area (Å²) in [4.78, 5) is 10.7. The largest absolute Gasteiger partial charge is 0.465 e. The average Bonchev–Trinajstić information content (AvgIpc) is 2.16. The van der Waals surface area contributed by atoms with Crippen LogP contribution < -0.4 is 0 Å². The van der Waals surface area contributed by atoms with Crippen LogP contribution in [0.5, 0.6) is 0 Å². The van der Waals surface area contributed by atoms with Gasteiger partial charge in [0.25, 0.3) is 0 Å². The molecular formula is C11H15NO2. The number of nitrogens with zero attached hydrogens (tertiary/aromatic N) is 1. The van der Waals surface area contributed by atoms with E-state index in [4.69, 9.17) is 10.00 Å². The molecule has 1 rings (SSSR count). The number of allylic oxidation sites excluding steroid dienone is 2. The fourth-order valence-corrected chi connectivity index (χ4v) is 1.52. The van der Waals surface area contributed by atoms with Crippen molar-refractivity contribution in [1.82, 2.24) is 0 Å². The van der Waals surface area contributed by atoms with Crippen LogP contribution in [0.15, 0.2) is 11.6 Å².